The lowest BCUT2D eigenvalue weighted by Crippen LogP contribution is -2.27. The van der Waals surface area contributed by atoms with Crippen LogP contribution in [-0.4, -0.2) is 25.4 Å². The van der Waals surface area contributed by atoms with E-state index in [0.717, 1.165) is 24.2 Å². The van der Waals surface area contributed by atoms with Crippen molar-refractivity contribution in [1.82, 2.24) is 5.32 Å². The average molecular weight is 255 g/mol. The molecule has 2 aliphatic carbocycles. The second-order valence-corrected chi connectivity index (χ2v) is 5.40. The predicted molar refractivity (Wildman–Crippen MR) is 68.0 cm³/mol. The van der Waals surface area contributed by atoms with E-state index in [4.69, 9.17) is 4.74 Å². The molecular formula is C15H13NO3. The Morgan fingerprint density at radius 2 is 2.32 bits per heavy atom. The van der Waals surface area contributed by atoms with Gasteiger partial charge in [0.05, 0.1) is 12.7 Å². The highest BCUT2D eigenvalue weighted by Gasteiger charge is 2.64. The first kappa shape index (κ1) is 10.8. The first-order valence-corrected chi connectivity index (χ1v) is 6.40. The molecule has 1 N–H and O–H groups in total. The molecule has 0 aromatic heterocycles. The van der Waals surface area contributed by atoms with E-state index in [1.165, 1.54) is 7.11 Å². The van der Waals surface area contributed by atoms with Gasteiger partial charge in [0.2, 0.25) is 0 Å². The molecule has 1 saturated carbocycles. The van der Waals surface area contributed by atoms with Crippen LogP contribution in [0.5, 0.6) is 0 Å². The van der Waals surface area contributed by atoms with Crippen molar-refractivity contribution in [3.8, 4) is 0 Å². The highest BCUT2D eigenvalue weighted by molar-refractivity contribution is 6.14. The van der Waals surface area contributed by atoms with Gasteiger partial charge in [0.1, 0.15) is 0 Å². The first-order chi connectivity index (χ1) is 9.18. The molecule has 0 bridgehead atoms. The van der Waals surface area contributed by atoms with Crippen LogP contribution < -0.4 is 5.32 Å². The normalized spacial score (nSPS) is 29.6. The summed E-state index contributed by atoms with van der Waals surface area (Å²) in [6.07, 6.45) is 2.72. The molecule has 1 spiro atoms. The summed E-state index contributed by atoms with van der Waals surface area (Å²) in [5.74, 6) is 0.0109. The minimum absolute atomic E-state index is 0.0344. The molecular weight excluding hydrogens is 242 g/mol. The molecule has 96 valence electrons. The van der Waals surface area contributed by atoms with Crippen molar-refractivity contribution in [1.29, 1.82) is 0 Å². The molecule has 0 unspecified atom stereocenters. The second-order valence-electron chi connectivity index (χ2n) is 5.40. The zero-order valence-electron chi connectivity index (χ0n) is 10.5. The van der Waals surface area contributed by atoms with Gasteiger partial charge in [-0.3, -0.25) is 4.79 Å². The van der Waals surface area contributed by atoms with Crippen LogP contribution in [-0.2, 0) is 10.2 Å². The third kappa shape index (κ3) is 1.14. The maximum absolute atomic E-state index is 12.3. The van der Waals surface area contributed by atoms with Gasteiger partial charge in [-0.15, -0.1) is 0 Å². The number of piperidine rings is 1. The lowest BCUT2D eigenvalue weighted by Gasteiger charge is -2.24. The Balaban J connectivity index is 1.98. The standard InChI is InChI=1S/C15H13NO3/c1-19-14(18)9-3-2-4-10-13(9)11(17)5-12-15(10)6-8(15)7-16-12/h2-5,8,16H,6-7H2,1H3/t8-,15-/m1/s1. The summed E-state index contributed by atoms with van der Waals surface area (Å²) in [4.78, 5) is 24.1. The molecule has 4 nitrogen and oxygen atoms in total. The van der Waals surface area contributed by atoms with E-state index in [2.05, 4.69) is 5.32 Å². The quantitative estimate of drug-likeness (QED) is 0.771. The lowest BCUT2D eigenvalue weighted by molar-refractivity contribution is 0.0597. The zero-order chi connectivity index (χ0) is 13.2. The second kappa shape index (κ2) is 3.26. The van der Waals surface area contributed by atoms with Crippen LogP contribution >= 0.6 is 0 Å². The topological polar surface area (TPSA) is 55.4 Å². The summed E-state index contributed by atoms with van der Waals surface area (Å²) in [6.45, 7) is 0.918. The van der Waals surface area contributed by atoms with Gasteiger partial charge in [0.15, 0.2) is 5.78 Å². The van der Waals surface area contributed by atoms with Crippen LogP contribution in [0, 0.1) is 5.92 Å². The first-order valence-electron chi connectivity index (χ1n) is 6.40. The Bertz CT molecular complexity index is 661. The molecule has 4 rings (SSSR count). The van der Waals surface area contributed by atoms with Crippen LogP contribution in [0.3, 0.4) is 0 Å². The van der Waals surface area contributed by atoms with E-state index >= 15 is 0 Å². The van der Waals surface area contributed by atoms with Crippen molar-refractivity contribution in [2.75, 3.05) is 13.7 Å². The summed E-state index contributed by atoms with van der Waals surface area (Å²) >= 11 is 0. The maximum atomic E-state index is 12.3. The third-order valence-corrected chi connectivity index (χ3v) is 4.60. The van der Waals surface area contributed by atoms with E-state index in [1.807, 2.05) is 12.1 Å². The number of hydrogen-bond donors (Lipinski definition) is 1. The molecule has 0 radical (unpaired) electrons. The van der Waals surface area contributed by atoms with Crippen LogP contribution in [0.2, 0.25) is 0 Å². The van der Waals surface area contributed by atoms with Crippen LogP contribution in [0.1, 0.15) is 32.7 Å². The summed E-state index contributed by atoms with van der Waals surface area (Å²) in [5, 5.41) is 3.31. The number of ether oxygens (including phenoxy) is 1. The molecule has 1 aromatic carbocycles. The monoisotopic (exact) mass is 255 g/mol. The molecule has 1 heterocycles. The van der Waals surface area contributed by atoms with Gasteiger partial charge in [-0.05, 0) is 24.0 Å². The van der Waals surface area contributed by atoms with Gasteiger partial charge in [-0.1, -0.05) is 12.1 Å². The Morgan fingerprint density at radius 1 is 1.47 bits per heavy atom. The fraction of sp³-hybridized carbons (Fsp3) is 0.333. The van der Waals surface area contributed by atoms with Crippen LogP contribution in [0.4, 0.5) is 0 Å². The zero-order valence-corrected chi connectivity index (χ0v) is 10.5. The van der Waals surface area contributed by atoms with Crippen molar-refractivity contribution in [2.45, 2.75) is 11.8 Å². The average Bonchev–Trinajstić information content (AvgIpc) is 3.06. The number of ketones is 1. The number of carbonyl (C=O) groups excluding carboxylic acids is 2. The number of hydrogen-bond acceptors (Lipinski definition) is 4. The summed E-state index contributed by atoms with van der Waals surface area (Å²) in [6, 6.07) is 5.47. The van der Waals surface area contributed by atoms with E-state index in [1.54, 1.807) is 12.1 Å². The number of rotatable bonds is 1. The Kier molecular flexibility index (Phi) is 1.85. The van der Waals surface area contributed by atoms with Crippen molar-refractivity contribution < 1.29 is 14.3 Å². The molecule has 4 heteroatoms. The number of methoxy groups -OCH3 is 1. The van der Waals surface area contributed by atoms with Crippen LogP contribution in [0.15, 0.2) is 30.0 Å². The molecule has 0 amide bonds. The van der Waals surface area contributed by atoms with E-state index in [-0.39, 0.29) is 11.2 Å². The summed E-state index contributed by atoms with van der Waals surface area (Å²) in [7, 11) is 1.34. The fourth-order valence-corrected chi connectivity index (χ4v) is 3.62. The smallest absolute Gasteiger partial charge is 0.338 e. The van der Waals surface area contributed by atoms with Gasteiger partial charge in [-0.25, -0.2) is 4.79 Å². The van der Waals surface area contributed by atoms with E-state index in [9.17, 15) is 9.59 Å². The van der Waals surface area contributed by atoms with Gasteiger partial charge in [-0.2, -0.15) is 0 Å². The molecule has 2 fully saturated rings. The van der Waals surface area contributed by atoms with Crippen molar-refractivity contribution in [3.63, 3.8) is 0 Å². The van der Waals surface area contributed by atoms with Crippen molar-refractivity contribution >= 4 is 11.8 Å². The number of allylic oxidation sites excluding steroid dienone is 2. The third-order valence-electron chi connectivity index (χ3n) is 4.60. The number of nitrogens with one attached hydrogen (secondary N) is 1. The number of fused-ring (bicyclic) bond motifs is 1. The highest BCUT2D eigenvalue weighted by Crippen LogP contribution is 2.63. The van der Waals surface area contributed by atoms with Gasteiger partial charge in [0.25, 0.3) is 0 Å². The predicted octanol–water partition coefficient (Wildman–Crippen LogP) is 1.41. The molecule has 1 saturated heterocycles. The highest BCUT2D eigenvalue weighted by atomic mass is 16.5. The number of carbonyl (C=O) groups is 2. The number of benzene rings is 1. The van der Waals surface area contributed by atoms with Crippen LogP contribution in [0.25, 0.3) is 0 Å². The largest absolute Gasteiger partial charge is 0.465 e. The lowest BCUT2D eigenvalue weighted by atomic mass is 9.80. The molecule has 2 atom stereocenters. The van der Waals surface area contributed by atoms with Gasteiger partial charge in [0, 0.05) is 29.3 Å². The van der Waals surface area contributed by atoms with E-state index in [0.29, 0.717) is 17.0 Å². The maximum Gasteiger partial charge on any atom is 0.338 e. The molecule has 3 aliphatic rings. The molecule has 1 aromatic rings. The van der Waals surface area contributed by atoms with E-state index < -0.39 is 5.97 Å². The van der Waals surface area contributed by atoms with Gasteiger partial charge >= 0.3 is 5.97 Å². The Hall–Kier alpha value is -2.10. The molecule has 19 heavy (non-hydrogen) atoms. The summed E-state index contributed by atoms with van der Waals surface area (Å²) < 4.78 is 4.78. The summed E-state index contributed by atoms with van der Waals surface area (Å²) in [5.41, 5.74) is 2.90. The Labute approximate surface area is 110 Å². The molecule has 1 aliphatic heterocycles. The van der Waals surface area contributed by atoms with Crippen molar-refractivity contribution in [2.24, 2.45) is 5.92 Å². The van der Waals surface area contributed by atoms with Crippen molar-refractivity contribution in [3.05, 3.63) is 46.7 Å². The minimum atomic E-state index is -0.443. The fourth-order valence-electron chi connectivity index (χ4n) is 3.62. The van der Waals surface area contributed by atoms with Gasteiger partial charge < -0.3 is 10.1 Å². The Morgan fingerprint density at radius 3 is 3.05 bits per heavy atom. The number of esters is 1. The minimum Gasteiger partial charge on any atom is -0.465 e. The SMILES string of the molecule is COC(=O)c1cccc2c1C(=O)C=C1NC[C@H]3C[C@]123.